The van der Waals surface area contributed by atoms with E-state index in [1.54, 1.807) is 18.2 Å². The van der Waals surface area contributed by atoms with Crippen molar-refractivity contribution in [1.82, 2.24) is 9.80 Å². The fourth-order valence-corrected chi connectivity index (χ4v) is 3.86. The van der Waals surface area contributed by atoms with Crippen LogP contribution in [0.25, 0.3) is 6.08 Å². The molecule has 1 unspecified atom stereocenters. The van der Waals surface area contributed by atoms with Crippen LogP contribution in [0.15, 0.2) is 64.5 Å². The van der Waals surface area contributed by atoms with E-state index in [2.05, 4.69) is 4.90 Å². The molecule has 0 spiro atoms. The van der Waals surface area contributed by atoms with Crippen LogP contribution in [-0.4, -0.2) is 66.0 Å². The fraction of sp³-hybridized carbons (Fsp3) is 0.304. The van der Waals surface area contributed by atoms with E-state index in [0.29, 0.717) is 25.5 Å². The second-order valence-corrected chi connectivity index (χ2v) is 7.35. The highest BCUT2D eigenvalue weighted by atomic mass is 19.1. The van der Waals surface area contributed by atoms with Crippen LogP contribution in [0.1, 0.15) is 17.4 Å². The van der Waals surface area contributed by atoms with Gasteiger partial charge in [-0.2, -0.15) is 0 Å². The minimum absolute atomic E-state index is 0.139. The van der Waals surface area contributed by atoms with E-state index >= 15 is 0 Å². The predicted octanol–water partition coefficient (Wildman–Crippen LogP) is 2.73. The van der Waals surface area contributed by atoms with Crippen molar-refractivity contribution in [3.63, 3.8) is 0 Å². The largest absolute Gasteiger partial charge is 0.503 e. The molecule has 7 nitrogen and oxygen atoms in total. The molecule has 2 aliphatic rings. The molecule has 1 aromatic carbocycles. The second kappa shape index (κ2) is 9.28. The number of ketones is 1. The van der Waals surface area contributed by atoms with Crippen molar-refractivity contribution in [2.75, 3.05) is 39.4 Å². The van der Waals surface area contributed by atoms with Crippen molar-refractivity contribution < 1.29 is 28.2 Å². The molecule has 8 heteroatoms. The fourth-order valence-electron chi connectivity index (χ4n) is 3.86. The number of rotatable bonds is 7. The summed E-state index contributed by atoms with van der Waals surface area (Å²) >= 11 is 0. The average Bonchev–Trinajstić information content (AvgIpc) is 3.39. The lowest BCUT2D eigenvalue weighted by Gasteiger charge is -2.31. The highest BCUT2D eigenvalue weighted by Gasteiger charge is 2.43. The van der Waals surface area contributed by atoms with Crippen LogP contribution in [0.3, 0.4) is 0 Å². The number of furan rings is 1. The van der Waals surface area contributed by atoms with E-state index < -0.39 is 29.3 Å². The summed E-state index contributed by atoms with van der Waals surface area (Å²) in [5.41, 5.74) is 0.0245. The number of amides is 1. The van der Waals surface area contributed by atoms with E-state index in [0.717, 1.165) is 13.1 Å². The summed E-state index contributed by atoms with van der Waals surface area (Å²) in [5, 5.41) is 10.6. The zero-order valence-electron chi connectivity index (χ0n) is 16.9. The third-order valence-electron chi connectivity index (χ3n) is 5.47. The highest BCUT2D eigenvalue weighted by molar-refractivity contribution is 6.14. The Balaban J connectivity index is 1.63. The number of hydrogen-bond donors (Lipinski definition) is 1. The van der Waals surface area contributed by atoms with Crippen LogP contribution in [0, 0.1) is 5.82 Å². The summed E-state index contributed by atoms with van der Waals surface area (Å²) in [6.45, 7) is 3.43. The van der Waals surface area contributed by atoms with Crippen molar-refractivity contribution in [1.29, 1.82) is 0 Å². The van der Waals surface area contributed by atoms with Gasteiger partial charge in [0.1, 0.15) is 11.6 Å². The van der Waals surface area contributed by atoms with E-state index in [9.17, 15) is 19.1 Å². The zero-order valence-corrected chi connectivity index (χ0v) is 16.9. The van der Waals surface area contributed by atoms with Gasteiger partial charge in [0.15, 0.2) is 11.5 Å². The summed E-state index contributed by atoms with van der Waals surface area (Å²) in [6, 6.07) is 8.31. The van der Waals surface area contributed by atoms with Gasteiger partial charge in [0.05, 0.1) is 31.1 Å². The number of carbonyl (C=O) groups excluding carboxylic acids is 2. The van der Waals surface area contributed by atoms with Crippen LogP contribution in [0.2, 0.25) is 0 Å². The van der Waals surface area contributed by atoms with Gasteiger partial charge in [-0.25, -0.2) is 4.39 Å². The Labute approximate surface area is 179 Å². The predicted molar refractivity (Wildman–Crippen MR) is 111 cm³/mol. The number of carbonyl (C=O) groups is 2. The maximum atomic E-state index is 14.7. The molecule has 1 fully saturated rings. The molecular weight excluding hydrogens is 403 g/mol. The molecule has 162 valence electrons. The van der Waals surface area contributed by atoms with Crippen LogP contribution >= 0.6 is 0 Å². The average molecular weight is 426 g/mol. The van der Waals surface area contributed by atoms with E-state index in [-0.39, 0.29) is 17.7 Å². The molecule has 31 heavy (non-hydrogen) atoms. The van der Waals surface area contributed by atoms with E-state index in [1.165, 1.54) is 41.5 Å². The first kappa shape index (κ1) is 21.0. The first-order valence-corrected chi connectivity index (χ1v) is 10.1. The summed E-state index contributed by atoms with van der Waals surface area (Å²) in [7, 11) is 0. The lowest BCUT2D eigenvalue weighted by molar-refractivity contribution is -0.129. The van der Waals surface area contributed by atoms with Gasteiger partial charge < -0.3 is 19.2 Å². The molecule has 2 aliphatic heterocycles. The number of allylic oxidation sites excluding steroid dienone is 1. The van der Waals surface area contributed by atoms with Gasteiger partial charge in [0.25, 0.3) is 5.91 Å². The Bertz CT molecular complexity index is 1010. The Hall–Kier alpha value is -3.23. The first-order chi connectivity index (χ1) is 15.1. The Morgan fingerprint density at radius 1 is 1.16 bits per heavy atom. The molecule has 0 radical (unpaired) electrons. The van der Waals surface area contributed by atoms with Gasteiger partial charge in [-0.1, -0.05) is 18.2 Å². The number of hydrogen-bond acceptors (Lipinski definition) is 6. The van der Waals surface area contributed by atoms with Gasteiger partial charge >= 0.3 is 0 Å². The maximum Gasteiger partial charge on any atom is 0.290 e. The Kier molecular flexibility index (Phi) is 6.29. The monoisotopic (exact) mass is 426 g/mol. The molecule has 1 amide bonds. The Morgan fingerprint density at radius 2 is 1.94 bits per heavy atom. The summed E-state index contributed by atoms with van der Waals surface area (Å²) < 4.78 is 25.2. The number of halogens is 1. The van der Waals surface area contributed by atoms with Crippen LogP contribution in [-0.2, 0) is 14.3 Å². The number of benzene rings is 1. The number of morpholine rings is 1. The number of ether oxygens (including phenoxy) is 1. The number of aliphatic hydroxyl groups excluding tert-OH is 1. The maximum absolute atomic E-state index is 14.7. The molecule has 1 saturated heterocycles. The van der Waals surface area contributed by atoms with E-state index in [1.807, 2.05) is 0 Å². The van der Waals surface area contributed by atoms with E-state index in [4.69, 9.17) is 9.15 Å². The number of aliphatic hydroxyl groups is 1. The molecular formula is C23H23FN2O5. The third kappa shape index (κ3) is 4.45. The molecule has 1 N–H and O–H groups in total. The molecule has 3 heterocycles. The van der Waals surface area contributed by atoms with Gasteiger partial charge in [0.2, 0.25) is 0 Å². The topological polar surface area (TPSA) is 83.2 Å². The van der Waals surface area contributed by atoms with Crippen molar-refractivity contribution >= 4 is 17.8 Å². The third-order valence-corrected chi connectivity index (χ3v) is 5.47. The minimum atomic E-state index is -1.01. The van der Waals surface area contributed by atoms with Gasteiger partial charge in [-0.3, -0.25) is 14.5 Å². The van der Waals surface area contributed by atoms with Crippen LogP contribution < -0.4 is 0 Å². The van der Waals surface area contributed by atoms with Crippen molar-refractivity contribution in [3.05, 3.63) is 77.2 Å². The molecule has 0 aliphatic carbocycles. The molecule has 4 rings (SSSR count). The first-order valence-electron chi connectivity index (χ1n) is 10.1. The minimum Gasteiger partial charge on any atom is -0.503 e. The zero-order chi connectivity index (χ0) is 21.8. The van der Waals surface area contributed by atoms with Gasteiger partial charge in [0, 0.05) is 31.7 Å². The molecule has 1 atom stereocenters. The molecule has 0 saturated carbocycles. The van der Waals surface area contributed by atoms with Crippen molar-refractivity contribution in [3.8, 4) is 0 Å². The second-order valence-electron chi connectivity index (χ2n) is 7.35. The molecule has 0 bridgehead atoms. The van der Waals surface area contributed by atoms with Crippen LogP contribution in [0.4, 0.5) is 4.39 Å². The van der Waals surface area contributed by atoms with Gasteiger partial charge in [-0.05, 0) is 30.4 Å². The smallest absolute Gasteiger partial charge is 0.290 e. The van der Waals surface area contributed by atoms with Crippen molar-refractivity contribution in [2.45, 2.75) is 6.04 Å². The summed E-state index contributed by atoms with van der Waals surface area (Å²) in [4.78, 5) is 29.3. The highest BCUT2D eigenvalue weighted by Crippen LogP contribution is 2.38. The molecule has 2 aromatic rings. The van der Waals surface area contributed by atoms with Gasteiger partial charge in [-0.15, -0.1) is 0 Å². The molecule has 1 aromatic heterocycles. The quantitative estimate of drug-likeness (QED) is 0.686. The lowest BCUT2D eigenvalue weighted by atomic mass is 9.95. The lowest BCUT2D eigenvalue weighted by Crippen LogP contribution is -2.43. The van der Waals surface area contributed by atoms with Crippen molar-refractivity contribution in [2.24, 2.45) is 0 Å². The Morgan fingerprint density at radius 3 is 2.65 bits per heavy atom. The normalized spacial score (nSPS) is 20.2. The summed E-state index contributed by atoms with van der Waals surface area (Å²) in [6.07, 6.45) is 4.13. The SMILES string of the molecule is O=C(/C=C/c1ccco1)C1=C(O)C(=O)N(CCN2CCOCC2)C1c1ccccc1F. The summed E-state index contributed by atoms with van der Waals surface area (Å²) in [5.74, 6) is -2.01. The van der Waals surface area contributed by atoms with Crippen LogP contribution in [0.5, 0.6) is 0 Å². The number of nitrogens with zero attached hydrogens (tertiary/aromatic N) is 2. The standard InChI is InChI=1S/C23H23FN2O5/c24-18-6-2-1-5-17(18)21-20(19(27)8-7-16-4-3-13-31-16)22(28)23(29)26(21)10-9-25-11-14-30-15-12-25/h1-8,13,21,28H,9-12,14-15H2/b8-7+.